The molecule has 5 rings (SSSR count). The topological polar surface area (TPSA) is 136 Å². The predicted octanol–water partition coefficient (Wildman–Crippen LogP) is 10.5. The lowest BCUT2D eigenvalue weighted by molar-refractivity contribution is -0.253. The summed E-state index contributed by atoms with van der Waals surface area (Å²) in [6.45, 7) is 6.95. The molecule has 6 atom stereocenters. The summed E-state index contributed by atoms with van der Waals surface area (Å²) >= 11 is 0. The van der Waals surface area contributed by atoms with Crippen molar-refractivity contribution in [2.24, 2.45) is 22.9 Å². The van der Waals surface area contributed by atoms with Crippen molar-refractivity contribution in [3.63, 3.8) is 0 Å². The Labute approximate surface area is 358 Å². The van der Waals surface area contributed by atoms with Gasteiger partial charge >= 0.3 is 6.09 Å². The molecule has 1 amide bonds. The van der Waals surface area contributed by atoms with Crippen LogP contribution in [0.5, 0.6) is 17.2 Å². The molecule has 2 N–H and O–H groups in total. The molecule has 0 aromatic heterocycles. The molecule has 60 heavy (non-hydrogen) atoms. The average Bonchev–Trinajstić information content (AvgIpc) is 3.26. The number of oxime groups is 1. The molecule has 3 aliphatic rings. The van der Waals surface area contributed by atoms with E-state index in [4.69, 9.17) is 23.8 Å². The maximum Gasteiger partial charge on any atom is 0.409 e. The van der Waals surface area contributed by atoms with Crippen LogP contribution in [-0.2, 0) is 14.3 Å². The van der Waals surface area contributed by atoms with Gasteiger partial charge in [-0.1, -0.05) is 107 Å². The molecular weight excluding hydrogens is 761 g/mol. The number of hydrogen-bond acceptors (Lipinski definition) is 10. The van der Waals surface area contributed by atoms with Crippen LogP contribution >= 0.6 is 0 Å². The van der Waals surface area contributed by atoms with Gasteiger partial charge in [-0.05, 0) is 79.8 Å². The number of aliphatic hydroxyl groups is 2. The first kappa shape index (κ1) is 46.9. The molecule has 330 valence electrons. The number of rotatable bonds is 27. The fourth-order valence-electron chi connectivity index (χ4n) is 9.67. The second kappa shape index (κ2) is 24.3. The van der Waals surface area contributed by atoms with Gasteiger partial charge in [-0.2, -0.15) is 0 Å². The highest BCUT2D eigenvalue weighted by Gasteiger charge is 2.65. The van der Waals surface area contributed by atoms with Gasteiger partial charge in [0.05, 0.1) is 24.8 Å². The summed E-state index contributed by atoms with van der Waals surface area (Å²) in [5, 5.41) is 24.3. The largest absolute Gasteiger partial charge is 0.459 e. The zero-order valence-corrected chi connectivity index (χ0v) is 36.4. The molecule has 2 aromatic rings. The highest BCUT2D eigenvalue weighted by molar-refractivity contribution is 6.02. The van der Waals surface area contributed by atoms with E-state index in [9.17, 15) is 19.8 Å². The third-order valence-electron chi connectivity index (χ3n) is 12.6. The Hall–Kier alpha value is -4.19. The van der Waals surface area contributed by atoms with Gasteiger partial charge in [0, 0.05) is 43.7 Å². The van der Waals surface area contributed by atoms with Gasteiger partial charge in [0.2, 0.25) is 5.79 Å². The summed E-state index contributed by atoms with van der Waals surface area (Å²) in [5.41, 5.74) is 3.13. The summed E-state index contributed by atoms with van der Waals surface area (Å²) in [6.07, 6.45) is 21.2. The summed E-state index contributed by atoms with van der Waals surface area (Å²) < 4.78 is 26.5. The molecule has 2 aliphatic carbocycles. The number of allylic oxidation sites excluding steroid dienone is 1. The van der Waals surface area contributed by atoms with E-state index < -0.39 is 23.8 Å². The number of aliphatic hydroxyl groups excluding tert-OH is 2. The van der Waals surface area contributed by atoms with Crippen molar-refractivity contribution >= 4 is 18.1 Å². The first-order valence-corrected chi connectivity index (χ1v) is 22.6. The van der Waals surface area contributed by atoms with E-state index in [1.54, 1.807) is 36.2 Å². The molecule has 11 nitrogen and oxygen atoms in total. The summed E-state index contributed by atoms with van der Waals surface area (Å²) in [6, 6.07) is 12.2. The number of unbranched alkanes of at least 4 members (excludes halogenated alkanes) is 11. The fourth-order valence-corrected chi connectivity index (χ4v) is 9.67. The molecule has 0 bridgehead atoms. The molecule has 0 saturated heterocycles. The molecule has 1 aliphatic heterocycles. The average molecular weight is 831 g/mol. The number of ether oxygens (including phenoxy) is 4. The van der Waals surface area contributed by atoms with Crippen LogP contribution in [0.1, 0.15) is 138 Å². The third-order valence-corrected chi connectivity index (χ3v) is 12.6. The molecule has 11 heteroatoms. The fraction of sp³-hybridized carbons (Fsp3) is 0.612. The monoisotopic (exact) mass is 831 g/mol. The van der Waals surface area contributed by atoms with Crippen LogP contribution < -0.4 is 9.47 Å². The first-order chi connectivity index (χ1) is 29.3. The molecule has 1 fully saturated rings. The number of fused-ring (bicyclic) bond motifs is 2. The predicted molar refractivity (Wildman–Crippen MR) is 235 cm³/mol. The van der Waals surface area contributed by atoms with Crippen molar-refractivity contribution < 1.29 is 43.6 Å². The molecule has 0 spiro atoms. The Kier molecular flexibility index (Phi) is 19.0. The number of carbonyl (C=O) groups is 2. The van der Waals surface area contributed by atoms with Crippen LogP contribution in [0, 0.1) is 17.8 Å². The Morgan fingerprint density at radius 2 is 1.63 bits per heavy atom. The Balaban J connectivity index is 1.51. The van der Waals surface area contributed by atoms with Crippen molar-refractivity contribution in [3.8, 4) is 17.2 Å². The van der Waals surface area contributed by atoms with E-state index in [1.807, 2.05) is 24.3 Å². The zero-order valence-electron chi connectivity index (χ0n) is 36.4. The van der Waals surface area contributed by atoms with Crippen molar-refractivity contribution in [1.29, 1.82) is 0 Å². The van der Waals surface area contributed by atoms with Gasteiger partial charge in [-0.25, -0.2) is 4.79 Å². The first-order valence-electron chi connectivity index (χ1n) is 22.6. The second-order valence-electron chi connectivity index (χ2n) is 16.7. The minimum absolute atomic E-state index is 0.0723. The number of aldehydes is 1. The van der Waals surface area contributed by atoms with E-state index in [2.05, 4.69) is 24.7 Å². The van der Waals surface area contributed by atoms with Crippen LogP contribution in [0.25, 0.3) is 0 Å². The smallest absolute Gasteiger partial charge is 0.409 e. The van der Waals surface area contributed by atoms with E-state index in [1.165, 1.54) is 52.1 Å². The summed E-state index contributed by atoms with van der Waals surface area (Å²) in [4.78, 5) is 32.8. The zero-order chi connectivity index (χ0) is 42.7. The normalized spacial score (nSPS) is 23.4. The van der Waals surface area contributed by atoms with Gasteiger partial charge in [0.15, 0.2) is 0 Å². The number of benzene rings is 2. The van der Waals surface area contributed by atoms with E-state index in [0.717, 1.165) is 68.1 Å². The Bertz CT molecular complexity index is 1730. The van der Waals surface area contributed by atoms with Crippen LogP contribution in [-0.4, -0.2) is 85.6 Å². The Morgan fingerprint density at radius 1 is 0.933 bits per heavy atom. The Morgan fingerprint density at radius 3 is 2.32 bits per heavy atom. The molecular formula is C49H70N2O9. The van der Waals surface area contributed by atoms with Crippen molar-refractivity contribution in [2.45, 2.75) is 134 Å². The lowest BCUT2D eigenvalue weighted by Crippen LogP contribution is -2.69. The van der Waals surface area contributed by atoms with Gasteiger partial charge in [-0.15, -0.1) is 6.58 Å². The standard InChI is InChI=1S/C49H70N2O9/c1-5-7-8-9-10-11-12-13-14-19-30-57-48(55)51(3)45-34-43(50-56-4)41-32-37(22-15-17-27-52)40(24-16-18-28-53)46-42-33-39(59-38-23-20-21-36(31-38)35-54)25-26-44(42)60-49(45,47(41)46)58-29-6-2/h6,20-21,23,25-26,31-33,35,37,40,45-47,52-53H,2,5,7-19,22,24,27-30,34H2,1,3-4H3/t37-,40+,45-,46+,47+,49+/m0/s1. The lowest BCUT2D eigenvalue weighted by atomic mass is 9.55. The number of likely N-dealkylation sites (N-methyl/N-ethyl adjacent to an activating group) is 1. The number of hydrogen-bond donors (Lipinski definition) is 2. The lowest BCUT2D eigenvalue weighted by Gasteiger charge is -2.59. The number of nitrogens with zero attached hydrogens (tertiary/aromatic N) is 2. The highest BCUT2D eigenvalue weighted by atomic mass is 16.7. The highest BCUT2D eigenvalue weighted by Crippen LogP contribution is 2.62. The molecule has 0 radical (unpaired) electrons. The maximum absolute atomic E-state index is 14.1. The van der Waals surface area contributed by atoms with Gasteiger partial charge in [-0.3, -0.25) is 4.79 Å². The van der Waals surface area contributed by atoms with Crippen molar-refractivity contribution in [1.82, 2.24) is 4.90 Å². The molecule has 1 saturated carbocycles. The van der Waals surface area contributed by atoms with Crippen LogP contribution in [0.4, 0.5) is 4.79 Å². The SMILES string of the molecule is C=CCO[C@@]12Oc3ccc(Oc4cccc(C=O)c4)cc3[C@H]3[C@H](CCCCO)[C@@H](CCCCO)C=C(C(=NOC)C[C@@H]1N(C)C(=O)OCCCCCCCCCCCC)[C@H]32. The maximum atomic E-state index is 14.1. The minimum Gasteiger partial charge on any atom is -0.459 e. The molecule has 2 aromatic carbocycles. The van der Waals surface area contributed by atoms with Crippen LogP contribution in [0.15, 0.2) is 71.9 Å². The van der Waals surface area contributed by atoms with Gasteiger partial charge in [0.1, 0.15) is 36.7 Å². The third kappa shape index (κ3) is 11.8. The quantitative estimate of drug-likeness (QED) is 0.0390. The van der Waals surface area contributed by atoms with E-state index in [-0.39, 0.29) is 37.6 Å². The summed E-state index contributed by atoms with van der Waals surface area (Å²) in [7, 11) is 3.29. The second-order valence-corrected chi connectivity index (χ2v) is 16.7. The van der Waals surface area contributed by atoms with Gasteiger partial charge in [0.25, 0.3) is 0 Å². The van der Waals surface area contributed by atoms with Crippen molar-refractivity contribution in [2.75, 3.05) is 40.6 Å². The van der Waals surface area contributed by atoms with E-state index in [0.29, 0.717) is 48.7 Å². The van der Waals surface area contributed by atoms with E-state index >= 15 is 0 Å². The van der Waals surface area contributed by atoms with Crippen LogP contribution in [0.3, 0.4) is 0 Å². The minimum atomic E-state index is -1.36. The number of carbonyl (C=O) groups excluding carboxylic acids is 2. The van der Waals surface area contributed by atoms with Crippen molar-refractivity contribution in [3.05, 3.63) is 77.9 Å². The van der Waals surface area contributed by atoms with Gasteiger partial charge < -0.3 is 38.9 Å². The molecule has 0 unspecified atom stereocenters. The molecule has 1 heterocycles. The summed E-state index contributed by atoms with van der Waals surface area (Å²) in [5.74, 6) is -0.0567. The number of amides is 1. The van der Waals surface area contributed by atoms with Crippen LogP contribution in [0.2, 0.25) is 0 Å².